The Balaban J connectivity index is 1.67. The first-order valence-corrected chi connectivity index (χ1v) is 9.70. The zero-order chi connectivity index (χ0) is 19.1. The van der Waals surface area contributed by atoms with Crippen LogP contribution >= 0.6 is 11.6 Å². The summed E-state index contributed by atoms with van der Waals surface area (Å²) in [6.45, 7) is 3.86. The number of methoxy groups -OCH3 is 1. The van der Waals surface area contributed by atoms with Crippen LogP contribution in [-0.2, 0) is 13.2 Å². The van der Waals surface area contributed by atoms with Crippen LogP contribution in [0.2, 0.25) is 5.02 Å². The molecule has 0 saturated carbocycles. The number of benzene rings is 2. The number of hydrogen-bond donors (Lipinski definition) is 2. The Bertz CT molecular complexity index is 731. The second-order valence-electron chi connectivity index (χ2n) is 6.76. The van der Waals surface area contributed by atoms with Gasteiger partial charge in [0.05, 0.1) is 12.1 Å². The fourth-order valence-electron chi connectivity index (χ4n) is 3.34. The van der Waals surface area contributed by atoms with Gasteiger partial charge in [-0.3, -0.25) is 0 Å². The van der Waals surface area contributed by atoms with E-state index in [2.05, 4.69) is 10.6 Å². The highest BCUT2D eigenvalue weighted by Gasteiger charge is 2.15. The number of hydrogen-bond acceptors (Lipinski definition) is 4. The van der Waals surface area contributed by atoms with Gasteiger partial charge in [-0.25, -0.2) is 4.39 Å². The molecule has 2 aromatic rings. The Labute approximate surface area is 165 Å². The van der Waals surface area contributed by atoms with Crippen molar-refractivity contribution in [3.8, 4) is 11.5 Å². The molecule has 2 N–H and O–H groups in total. The molecular formula is C21H26ClFN2O2. The van der Waals surface area contributed by atoms with Crippen LogP contribution in [0.4, 0.5) is 4.39 Å². The molecular weight excluding hydrogens is 367 g/mol. The third-order valence-electron chi connectivity index (χ3n) is 4.91. The fraction of sp³-hybridized carbons (Fsp3) is 0.429. The fourth-order valence-corrected chi connectivity index (χ4v) is 3.55. The molecule has 0 unspecified atom stereocenters. The zero-order valence-electron chi connectivity index (χ0n) is 15.6. The van der Waals surface area contributed by atoms with Gasteiger partial charge in [-0.05, 0) is 56.6 Å². The smallest absolute Gasteiger partial charge is 0.166 e. The molecule has 4 nitrogen and oxygen atoms in total. The first-order valence-electron chi connectivity index (χ1n) is 9.32. The predicted molar refractivity (Wildman–Crippen MR) is 106 cm³/mol. The normalized spacial score (nSPS) is 14.9. The van der Waals surface area contributed by atoms with E-state index in [9.17, 15) is 4.39 Å². The lowest BCUT2D eigenvalue weighted by molar-refractivity contribution is 0.275. The minimum Gasteiger partial charge on any atom is -0.493 e. The van der Waals surface area contributed by atoms with Gasteiger partial charge >= 0.3 is 0 Å². The number of ether oxygens (including phenoxy) is 2. The highest BCUT2D eigenvalue weighted by Crippen LogP contribution is 2.33. The zero-order valence-corrected chi connectivity index (χ0v) is 16.3. The topological polar surface area (TPSA) is 42.5 Å². The van der Waals surface area contributed by atoms with Crippen molar-refractivity contribution in [3.63, 3.8) is 0 Å². The van der Waals surface area contributed by atoms with Gasteiger partial charge in [-0.1, -0.05) is 29.8 Å². The lowest BCUT2D eigenvalue weighted by Gasteiger charge is -2.23. The van der Waals surface area contributed by atoms with Gasteiger partial charge in [0.25, 0.3) is 0 Å². The lowest BCUT2D eigenvalue weighted by atomic mass is 9.98. The van der Waals surface area contributed by atoms with Gasteiger partial charge in [0.15, 0.2) is 11.5 Å². The summed E-state index contributed by atoms with van der Waals surface area (Å²) in [6, 6.07) is 10.4. The second-order valence-corrected chi connectivity index (χ2v) is 7.17. The molecule has 1 aliphatic rings. The monoisotopic (exact) mass is 392 g/mol. The lowest BCUT2D eigenvalue weighted by Crippen LogP contribution is -2.33. The maximum Gasteiger partial charge on any atom is 0.166 e. The van der Waals surface area contributed by atoms with Crippen molar-refractivity contribution in [2.24, 2.45) is 5.92 Å². The minimum atomic E-state index is -0.372. The molecule has 0 radical (unpaired) electrons. The summed E-state index contributed by atoms with van der Waals surface area (Å²) in [5.41, 5.74) is 1.33. The number of rotatable bonds is 8. The molecule has 0 aliphatic carbocycles. The summed E-state index contributed by atoms with van der Waals surface area (Å²) in [5.74, 6) is 1.57. The van der Waals surface area contributed by atoms with Crippen molar-refractivity contribution in [3.05, 3.63) is 58.4 Å². The maximum atomic E-state index is 14.0. The molecule has 0 aromatic heterocycles. The molecule has 27 heavy (non-hydrogen) atoms. The van der Waals surface area contributed by atoms with Gasteiger partial charge in [-0.2, -0.15) is 0 Å². The Hall–Kier alpha value is -1.82. The average molecular weight is 393 g/mol. The molecule has 1 saturated heterocycles. The molecule has 146 valence electrons. The summed E-state index contributed by atoms with van der Waals surface area (Å²) < 4.78 is 25.4. The second kappa shape index (κ2) is 9.93. The average Bonchev–Trinajstić information content (AvgIpc) is 2.69. The Kier molecular flexibility index (Phi) is 7.33. The molecule has 0 amide bonds. The molecule has 3 rings (SSSR count). The number of halogens is 2. The Morgan fingerprint density at radius 1 is 1.19 bits per heavy atom. The summed E-state index contributed by atoms with van der Waals surface area (Å²) in [6.07, 6.45) is 2.39. The standard InChI is InChI=1S/C21H26ClFN2O2/c1-26-20-7-2-4-16(13-25-12-15-8-10-24-11-9-15)21(20)27-14-17-18(22)5-3-6-19(17)23/h2-7,15,24-25H,8-14H2,1H3. The van der Waals surface area contributed by atoms with Crippen molar-refractivity contribution in [1.29, 1.82) is 0 Å². The SMILES string of the molecule is COc1cccc(CNCC2CCNCC2)c1OCc1c(F)cccc1Cl. The third kappa shape index (κ3) is 5.34. The number of para-hydroxylation sites is 1. The van der Waals surface area contributed by atoms with Gasteiger partial charge in [0.2, 0.25) is 0 Å². The third-order valence-corrected chi connectivity index (χ3v) is 5.26. The molecule has 1 heterocycles. The van der Waals surface area contributed by atoms with E-state index in [1.54, 1.807) is 19.2 Å². The predicted octanol–water partition coefficient (Wildman–Crippen LogP) is 4.16. The molecule has 0 bridgehead atoms. The summed E-state index contributed by atoms with van der Waals surface area (Å²) in [5, 5.41) is 7.26. The molecule has 0 atom stereocenters. The van der Waals surface area contributed by atoms with E-state index in [4.69, 9.17) is 21.1 Å². The largest absolute Gasteiger partial charge is 0.493 e. The van der Waals surface area contributed by atoms with E-state index in [0.29, 0.717) is 34.5 Å². The van der Waals surface area contributed by atoms with E-state index >= 15 is 0 Å². The van der Waals surface area contributed by atoms with E-state index in [0.717, 1.165) is 25.2 Å². The Morgan fingerprint density at radius 2 is 1.96 bits per heavy atom. The molecule has 2 aromatic carbocycles. The highest BCUT2D eigenvalue weighted by atomic mass is 35.5. The molecule has 1 aliphatic heterocycles. The highest BCUT2D eigenvalue weighted by molar-refractivity contribution is 6.31. The van der Waals surface area contributed by atoms with E-state index in [1.165, 1.54) is 18.9 Å². The first-order chi connectivity index (χ1) is 13.2. The quantitative estimate of drug-likeness (QED) is 0.708. The van der Waals surface area contributed by atoms with Crippen LogP contribution in [0.15, 0.2) is 36.4 Å². The molecule has 6 heteroatoms. The van der Waals surface area contributed by atoms with Crippen LogP contribution in [0.5, 0.6) is 11.5 Å². The minimum absolute atomic E-state index is 0.0488. The number of nitrogens with one attached hydrogen (secondary N) is 2. The van der Waals surface area contributed by atoms with Crippen LogP contribution in [0.25, 0.3) is 0 Å². The van der Waals surface area contributed by atoms with Gasteiger partial charge in [0, 0.05) is 17.7 Å². The molecule has 0 spiro atoms. The van der Waals surface area contributed by atoms with Crippen molar-refractivity contribution < 1.29 is 13.9 Å². The van der Waals surface area contributed by atoms with Crippen molar-refractivity contribution in [2.75, 3.05) is 26.7 Å². The van der Waals surface area contributed by atoms with Crippen LogP contribution < -0.4 is 20.1 Å². The molecule has 1 fully saturated rings. The van der Waals surface area contributed by atoms with E-state index < -0.39 is 0 Å². The van der Waals surface area contributed by atoms with Gasteiger partial charge in [0.1, 0.15) is 12.4 Å². The van der Waals surface area contributed by atoms with Crippen LogP contribution in [0.1, 0.15) is 24.0 Å². The Morgan fingerprint density at radius 3 is 2.70 bits per heavy atom. The van der Waals surface area contributed by atoms with Crippen LogP contribution in [-0.4, -0.2) is 26.7 Å². The maximum absolute atomic E-state index is 14.0. The number of piperidine rings is 1. The first kappa shape index (κ1) is 19.9. The van der Waals surface area contributed by atoms with Crippen LogP contribution in [0.3, 0.4) is 0 Å². The van der Waals surface area contributed by atoms with Crippen molar-refractivity contribution in [1.82, 2.24) is 10.6 Å². The van der Waals surface area contributed by atoms with Crippen molar-refractivity contribution >= 4 is 11.6 Å². The summed E-state index contributed by atoms with van der Waals surface area (Å²) >= 11 is 6.11. The van der Waals surface area contributed by atoms with Gasteiger partial charge in [-0.15, -0.1) is 0 Å². The summed E-state index contributed by atoms with van der Waals surface area (Å²) in [7, 11) is 1.60. The van der Waals surface area contributed by atoms with E-state index in [1.807, 2.05) is 18.2 Å². The van der Waals surface area contributed by atoms with Crippen LogP contribution in [0, 0.1) is 11.7 Å². The summed E-state index contributed by atoms with van der Waals surface area (Å²) in [4.78, 5) is 0. The van der Waals surface area contributed by atoms with E-state index in [-0.39, 0.29) is 12.4 Å². The van der Waals surface area contributed by atoms with Gasteiger partial charge < -0.3 is 20.1 Å². The van der Waals surface area contributed by atoms with Crippen molar-refractivity contribution in [2.45, 2.75) is 26.0 Å².